The zero-order valence-corrected chi connectivity index (χ0v) is 22.1. The van der Waals surface area contributed by atoms with E-state index in [1.165, 1.54) is 6.07 Å². The molecule has 0 spiro atoms. The van der Waals surface area contributed by atoms with Gasteiger partial charge in [0.25, 0.3) is 0 Å². The van der Waals surface area contributed by atoms with Crippen LogP contribution in [0.2, 0.25) is 0 Å². The lowest BCUT2D eigenvalue weighted by Crippen LogP contribution is -2.42. The molecule has 0 radical (unpaired) electrons. The second-order valence-electron chi connectivity index (χ2n) is 11.2. The van der Waals surface area contributed by atoms with Crippen molar-refractivity contribution in [3.63, 3.8) is 0 Å². The number of carbonyl (C=O) groups is 1. The summed E-state index contributed by atoms with van der Waals surface area (Å²) in [5.41, 5.74) is 3.65. The lowest BCUT2D eigenvalue weighted by molar-refractivity contribution is -0.141. The number of anilines is 1. The van der Waals surface area contributed by atoms with Crippen LogP contribution in [0, 0.1) is 11.8 Å². The van der Waals surface area contributed by atoms with Gasteiger partial charge < -0.3 is 24.3 Å². The van der Waals surface area contributed by atoms with E-state index in [0.29, 0.717) is 35.9 Å². The van der Waals surface area contributed by atoms with Crippen molar-refractivity contribution in [3.8, 4) is 16.9 Å². The van der Waals surface area contributed by atoms with Crippen molar-refractivity contribution in [2.24, 2.45) is 11.8 Å². The number of hydrogen-bond acceptors (Lipinski definition) is 7. The molecule has 11 heteroatoms. The van der Waals surface area contributed by atoms with Crippen LogP contribution in [-0.4, -0.2) is 55.2 Å². The first kappa shape index (κ1) is 25.6. The topological polar surface area (TPSA) is 113 Å². The van der Waals surface area contributed by atoms with Crippen LogP contribution in [0.1, 0.15) is 42.6 Å². The third kappa shape index (κ3) is 4.22. The quantitative estimate of drug-likeness (QED) is 0.330. The summed E-state index contributed by atoms with van der Waals surface area (Å²) in [4.78, 5) is 27.6. The first-order chi connectivity index (χ1) is 19.7. The zero-order chi connectivity index (χ0) is 28.5. The average Bonchev–Trinajstić information content (AvgIpc) is 3.55. The molecule has 2 bridgehead atoms. The predicted octanol–water partition coefficient (Wildman–Crippen LogP) is 4.60. The molecule has 1 saturated heterocycles. The smallest absolute Gasteiger partial charge is 0.387 e. The van der Waals surface area contributed by atoms with Gasteiger partial charge in [0.05, 0.1) is 17.3 Å². The summed E-state index contributed by atoms with van der Waals surface area (Å²) in [5, 5.41) is 20.8. The number of ether oxygens (including phenoxy) is 1. The number of halogens is 2. The van der Waals surface area contributed by atoms with Crippen LogP contribution in [0.15, 0.2) is 66.6 Å². The maximum Gasteiger partial charge on any atom is 0.387 e. The normalized spacial score (nSPS) is 25.0. The Labute approximate surface area is 233 Å². The van der Waals surface area contributed by atoms with E-state index in [1.807, 2.05) is 33.7 Å². The number of fused-ring (bicyclic) bond motifs is 5. The minimum absolute atomic E-state index is 0.0200. The molecule has 4 atom stereocenters. The van der Waals surface area contributed by atoms with E-state index in [0.717, 1.165) is 28.8 Å². The van der Waals surface area contributed by atoms with Gasteiger partial charge in [-0.2, -0.15) is 8.78 Å². The van der Waals surface area contributed by atoms with E-state index in [4.69, 9.17) is 9.72 Å². The van der Waals surface area contributed by atoms with E-state index in [-0.39, 0.29) is 18.1 Å². The number of piperidine rings is 1. The molecular weight excluding hydrogens is 532 g/mol. The number of nitrogens with zero attached hydrogens (tertiary/aromatic N) is 5. The van der Waals surface area contributed by atoms with Crippen molar-refractivity contribution >= 4 is 17.6 Å². The Morgan fingerprint density at radius 2 is 1.93 bits per heavy atom. The third-order valence-corrected chi connectivity index (χ3v) is 8.51. The number of carboxylic acid groups (broad SMARTS) is 1. The van der Waals surface area contributed by atoms with Crippen LogP contribution in [0.25, 0.3) is 16.8 Å². The van der Waals surface area contributed by atoms with E-state index >= 15 is 0 Å². The van der Waals surface area contributed by atoms with Crippen LogP contribution in [0.4, 0.5) is 14.7 Å². The Bertz CT molecular complexity index is 1700. The molecule has 1 fully saturated rings. The molecule has 3 aromatic heterocycles. The molecule has 9 nitrogen and oxygen atoms in total. The summed E-state index contributed by atoms with van der Waals surface area (Å²) >= 11 is 0. The van der Waals surface area contributed by atoms with Crippen molar-refractivity contribution in [2.45, 2.75) is 37.9 Å². The van der Waals surface area contributed by atoms with Crippen LogP contribution >= 0.6 is 0 Å². The van der Waals surface area contributed by atoms with Crippen LogP contribution in [-0.2, 0) is 10.4 Å². The Balaban J connectivity index is 1.22. The zero-order valence-electron chi connectivity index (χ0n) is 22.1. The standard InChI is InChI=1S/C30H27F2N5O4/c1-30(40)10-21(20-4-2-3-5-22(20)41-28(31)32)25-26(30)35-23-9-8-16(15-37(23)25)19-11-33-29(34-12-19)36-13-17-6-7-18(14-36)24(17)27(38)39/h2-6,8-9,11-12,15,18,21,24,28,40H,7,10,13-14H2,1H3,(H,38,39)/t18-,21-,24+,30?/m1/s1. The summed E-state index contributed by atoms with van der Waals surface area (Å²) in [7, 11) is 0. The van der Waals surface area contributed by atoms with Crippen molar-refractivity contribution in [3.05, 3.63) is 83.6 Å². The summed E-state index contributed by atoms with van der Waals surface area (Å²) in [5.74, 6) is -0.976. The summed E-state index contributed by atoms with van der Waals surface area (Å²) in [6.45, 7) is -0.201. The molecule has 2 N–H and O–H groups in total. The number of alkyl halides is 2. The van der Waals surface area contributed by atoms with E-state index in [1.54, 1.807) is 37.5 Å². The molecule has 4 aromatic rings. The fourth-order valence-electron chi connectivity index (χ4n) is 6.71. The highest BCUT2D eigenvalue weighted by atomic mass is 19.3. The Kier molecular flexibility index (Phi) is 5.82. The lowest BCUT2D eigenvalue weighted by atomic mass is 9.87. The number of imidazole rings is 1. The fraction of sp³-hybridized carbons (Fsp3) is 0.333. The highest BCUT2D eigenvalue weighted by Crippen LogP contribution is 2.49. The van der Waals surface area contributed by atoms with Crippen LogP contribution in [0.3, 0.4) is 0 Å². The number of allylic oxidation sites excluding steroid dienone is 1. The van der Waals surface area contributed by atoms with Gasteiger partial charge in [-0.3, -0.25) is 4.79 Å². The lowest BCUT2D eigenvalue weighted by Gasteiger charge is -2.34. The maximum absolute atomic E-state index is 13.2. The molecule has 1 aliphatic heterocycles. The minimum atomic E-state index is -2.97. The van der Waals surface area contributed by atoms with Crippen molar-refractivity contribution in [1.82, 2.24) is 19.4 Å². The highest BCUT2D eigenvalue weighted by molar-refractivity contribution is 5.76. The van der Waals surface area contributed by atoms with E-state index < -0.39 is 30.0 Å². The van der Waals surface area contributed by atoms with Gasteiger partial charge in [-0.05, 0) is 49.5 Å². The van der Waals surface area contributed by atoms with Gasteiger partial charge in [-0.1, -0.05) is 24.3 Å². The van der Waals surface area contributed by atoms with Gasteiger partial charge in [0.15, 0.2) is 0 Å². The molecule has 210 valence electrons. The van der Waals surface area contributed by atoms with Crippen molar-refractivity contribution in [2.75, 3.05) is 18.0 Å². The molecule has 1 aromatic carbocycles. The molecule has 3 aliphatic rings. The number of hydrogen-bond donors (Lipinski definition) is 2. The van der Waals surface area contributed by atoms with Gasteiger partial charge in [-0.25, -0.2) is 15.0 Å². The first-order valence-electron chi connectivity index (χ1n) is 13.5. The molecule has 4 heterocycles. The largest absolute Gasteiger partial charge is 0.481 e. The number of carboxylic acids is 1. The molecule has 2 aliphatic carbocycles. The number of benzene rings is 1. The van der Waals surface area contributed by atoms with Gasteiger partial charge in [-0.15, -0.1) is 0 Å². The van der Waals surface area contributed by atoms with Gasteiger partial charge >= 0.3 is 12.6 Å². The summed E-state index contributed by atoms with van der Waals surface area (Å²) in [6.07, 6.45) is 8.42. The van der Waals surface area contributed by atoms with Gasteiger partial charge in [0, 0.05) is 54.3 Å². The average molecular weight is 560 g/mol. The number of aromatic nitrogens is 4. The molecule has 0 saturated carbocycles. The molecular formula is C30H27F2N5O4. The SMILES string of the molecule is CC1(O)C[C@H](c2ccccc2OC(F)F)c2c1nc1ccc(-c3cnc(N4CC5=CC[C@H](C4)[C@H]5C(=O)O)nc3)cn21. The minimum Gasteiger partial charge on any atom is -0.481 e. The molecule has 1 unspecified atom stereocenters. The first-order valence-corrected chi connectivity index (χ1v) is 13.5. The number of para-hydroxylation sites is 1. The second kappa shape index (κ2) is 9.34. The van der Waals surface area contributed by atoms with E-state index in [9.17, 15) is 23.8 Å². The molecule has 7 rings (SSSR count). The highest BCUT2D eigenvalue weighted by Gasteiger charge is 2.45. The van der Waals surface area contributed by atoms with Gasteiger partial charge in [0.1, 0.15) is 17.0 Å². The summed E-state index contributed by atoms with van der Waals surface area (Å²) < 4.78 is 33.1. The van der Waals surface area contributed by atoms with Crippen molar-refractivity contribution < 1.29 is 28.5 Å². The maximum atomic E-state index is 13.2. The molecule has 0 amide bonds. The fourth-order valence-corrected chi connectivity index (χ4v) is 6.71. The molecule has 41 heavy (non-hydrogen) atoms. The monoisotopic (exact) mass is 559 g/mol. The Morgan fingerprint density at radius 3 is 2.66 bits per heavy atom. The van der Waals surface area contributed by atoms with Crippen molar-refractivity contribution in [1.29, 1.82) is 0 Å². The number of aliphatic hydroxyl groups is 1. The Hall–Kier alpha value is -4.38. The van der Waals surface area contributed by atoms with Crippen LogP contribution < -0.4 is 9.64 Å². The third-order valence-electron chi connectivity index (χ3n) is 8.51. The number of pyridine rings is 1. The summed E-state index contributed by atoms with van der Waals surface area (Å²) in [6, 6.07) is 10.4. The second-order valence-corrected chi connectivity index (χ2v) is 11.2. The number of rotatable bonds is 6. The Morgan fingerprint density at radius 1 is 1.15 bits per heavy atom. The van der Waals surface area contributed by atoms with Crippen LogP contribution in [0.5, 0.6) is 5.75 Å². The predicted molar refractivity (Wildman–Crippen MR) is 145 cm³/mol. The number of aliphatic carboxylic acids is 1. The van der Waals surface area contributed by atoms with E-state index in [2.05, 4.69) is 9.97 Å². The van der Waals surface area contributed by atoms with Gasteiger partial charge in [0.2, 0.25) is 5.95 Å².